The molecule has 3 aromatic rings. The monoisotopic (exact) mass is 348 g/mol. The van der Waals surface area contributed by atoms with Gasteiger partial charge in [-0.1, -0.05) is 59.8 Å². The molecular formula is C21H20N2O3. The molecule has 2 aromatic carbocycles. The Morgan fingerprint density at radius 3 is 2.73 bits per heavy atom. The molecule has 0 amide bonds. The average molecular weight is 348 g/mol. The van der Waals surface area contributed by atoms with Crippen LogP contribution in [0.3, 0.4) is 0 Å². The third kappa shape index (κ3) is 2.96. The topological polar surface area (TPSA) is 64.4 Å². The number of aromatic nitrogens is 1. The summed E-state index contributed by atoms with van der Waals surface area (Å²) in [7, 11) is 1.36. The van der Waals surface area contributed by atoms with E-state index in [1.54, 1.807) is 0 Å². The van der Waals surface area contributed by atoms with Gasteiger partial charge in [0.1, 0.15) is 5.69 Å². The first-order chi connectivity index (χ1) is 12.8. The molecule has 5 heteroatoms. The Bertz CT molecular complexity index is 918. The molecule has 1 aliphatic carbocycles. The third-order valence-corrected chi connectivity index (χ3v) is 4.80. The molecule has 1 aromatic heterocycles. The zero-order valence-corrected chi connectivity index (χ0v) is 14.6. The van der Waals surface area contributed by atoms with E-state index in [1.165, 1.54) is 18.2 Å². The van der Waals surface area contributed by atoms with Gasteiger partial charge in [-0.15, -0.1) is 0 Å². The second-order valence-electron chi connectivity index (χ2n) is 6.38. The van der Waals surface area contributed by atoms with Gasteiger partial charge < -0.3 is 14.6 Å². The quantitative estimate of drug-likeness (QED) is 0.697. The molecule has 0 saturated carbocycles. The van der Waals surface area contributed by atoms with Gasteiger partial charge in [-0.2, -0.15) is 0 Å². The number of carbonyl (C=O) groups is 1. The van der Waals surface area contributed by atoms with E-state index in [9.17, 15) is 4.79 Å². The normalized spacial score (nSPS) is 16.0. The number of carbonyl (C=O) groups excluding carboxylic acids is 1. The number of nitrogens with zero attached hydrogens (tertiary/aromatic N) is 1. The third-order valence-electron chi connectivity index (χ3n) is 4.80. The molecule has 0 saturated heterocycles. The van der Waals surface area contributed by atoms with Gasteiger partial charge in [0, 0.05) is 5.56 Å². The molecule has 0 fully saturated rings. The maximum absolute atomic E-state index is 12.4. The number of benzene rings is 2. The minimum atomic E-state index is -0.461. The number of fused-ring (bicyclic) bond motifs is 1. The zero-order chi connectivity index (χ0) is 17.9. The van der Waals surface area contributed by atoms with Crippen LogP contribution >= 0.6 is 0 Å². The first kappa shape index (κ1) is 16.4. The minimum absolute atomic E-state index is 0.0833. The number of anilines is 1. The van der Waals surface area contributed by atoms with Crippen LogP contribution in [0, 0.1) is 0 Å². The van der Waals surface area contributed by atoms with Gasteiger partial charge in [-0.25, -0.2) is 4.79 Å². The van der Waals surface area contributed by atoms with E-state index in [0.29, 0.717) is 17.1 Å². The number of methoxy groups -OCH3 is 1. The number of rotatable bonds is 4. The SMILES string of the molecule is COC(=O)c1c(-c2ccccc2)noc1N[C@@H]1CCCc2ccccc21. The van der Waals surface area contributed by atoms with E-state index >= 15 is 0 Å². The van der Waals surface area contributed by atoms with Crippen LogP contribution in [-0.4, -0.2) is 18.2 Å². The van der Waals surface area contributed by atoms with Crippen molar-refractivity contribution in [3.8, 4) is 11.3 Å². The fourth-order valence-electron chi connectivity index (χ4n) is 3.54. The number of aryl methyl sites for hydroxylation is 1. The van der Waals surface area contributed by atoms with Gasteiger partial charge >= 0.3 is 5.97 Å². The summed E-state index contributed by atoms with van der Waals surface area (Å²) >= 11 is 0. The summed E-state index contributed by atoms with van der Waals surface area (Å²) in [5.41, 5.74) is 4.21. The highest BCUT2D eigenvalue weighted by Gasteiger charge is 2.28. The molecule has 0 aliphatic heterocycles. The van der Waals surface area contributed by atoms with Crippen molar-refractivity contribution >= 4 is 11.9 Å². The van der Waals surface area contributed by atoms with Gasteiger partial charge in [-0.3, -0.25) is 0 Å². The van der Waals surface area contributed by atoms with E-state index in [2.05, 4.69) is 28.7 Å². The van der Waals surface area contributed by atoms with E-state index in [1.807, 2.05) is 36.4 Å². The first-order valence-electron chi connectivity index (χ1n) is 8.75. The molecule has 0 spiro atoms. The number of hydrogen-bond donors (Lipinski definition) is 1. The highest BCUT2D eigenvalue weighted by atomic mass is 16.5. The second-order valence-corrected chi connectivity index (χ2v) is 6.38. The zero-order valence-electron chi connectivity index (χ0n) is 14.6. The number of nitrogens with one attached hydrogen (secondary N) is 1. The maximum Gasteiger partial charge on any atom is 0.345 e. The van der Waals surface area contributed by atoms with Crippen LogP contribution in [0.2, 0.25) is 0 Å². The highest BCUT2D eigenvalue weighted by Crippen LogP contribution is 2.36. The van der Waals surface area contributed by atoms with E-state index in [4.69, 9.17) is 9.26 Å². The molecule has 132 valence electrons. The molecule has 5 nitrogen and oxygen atoms in total. The summed E-state index contributed by atoms with van der Waals surface area (Å²) in [6.07, 6.45) is 3.13. The summed E-state index contributed by atoms with van der Waals surface area (Å²) in [5.74, 6) is -0.103. The van der Waals surface area contributed by atoms with Crippen LogP contribution in [0.25, 0.3) is 11.3 Å². The molecular weight excluding hydrogens is 328 g/mol. The van der Waals surface area contributed by atoms with E-state index < -0.39 is 5.97 Å². The predicted molar refractivity (Wildman–Crippen MR) is 99.0 cm³/mol. The first-order valence-corrected chi connectivity index (χ1v) is 8.75. The van der Waals surface area contributed by atoms with E-state index in [-0.39, 0.29) is 6.04 Å². The Kier molecular flexibility index (Phi) is 4.44. The Labute approximate surface area is 152 Å². The van der Waals surface area contributed by atoms with E-state index in [0.717, 1.165) is 24.8 Å². The van der Waals surface area contributed by atoms with Crippen molar-refractivity contribution in [1.82, 2.24) is 5.16 Å². The lowest BCUT2D eigenvalue weighted by Gasteiger charge is -2.26. The van der Waals surface area contributed by atoms with Crippen LogP contribution in [-0.2, 0) is 11.2 Å². The molecule has 0 radical (unpaired) electrons. The Morgan fingerprint density at radius 2 is 1.92 bits per heavy atom. The van der Waals surface area contributed by atoms with Gasteiger partial charge in [0.15, 0.2) is 5.56 Å². The number of hydrogen-bond acceptors (Lipinski definition) is 5. The number of ether oxygens (including phenoxy) is 1. The van der Waals surface area contributed by atoms with Crippen molar-refractivity contribution in [2.45, 2.75) is 25.3 Å². The predicted octanol–water partition coefficient (Wildman–Crippen LogP) is 4.62. The molecule has 1 aliphatic rings. The van der Waals surface area contributed by atoms with Crippen LogP contribution in [0.15, 0.2) is 59.1 Å². The molecule has 1 atom stereocenters. The lowest BCUT2D eigenvalue weighted by atomic mass is 9.87. The lowest BCUT2D eigenvalue weighted by Crippen LogP contribution is -2.18. The van der Waals surface area contributed by atoms with Crippen molar-refractivity contribution in [3.05, 3.63) is 71.3 Å². The maximum atomic E-state index is 12.4. The van der Waals surface area contributed by atoms with Crippen LogP contribution < -0.4 is 5.32 Å². The number of esters is 1. The standard InChI is InChI=1S/C21H20N2O3/c1-25-21(24)18-19(15-9-3-2-4-10-15)23-26-20(18)22-17-13-7-11-14-8-5-6-12-16(14)17/h2-6,8-10,12,17,22H,7,11,13H2,1H3/t17-/m1/s1. The summed E-state index contributed by atoms with van der Waals surface area (Å²) < 4.78 is 10.5. The van der Waals surface area contributed by atoms with Crippen LogP contribution in [0.5, 0.6) is 0 Å². The van der Waals surface area contributed by atoms with Gasteiger partial charge in [-0.05, 0) is 30.4 Å². The second kappa shape index (κ2) is 7.04. The lowest BCUT2D eigenvalue weighted by molar-refractivity contribution is 0.0602. The van der Waals surface area contributed by atoms with Crippen molar-refractivity contribution < 1.29 is 14.1 Å². The van der Waals surface area contributed by atoms with Crippen LogP contribution in [0.1, 0.15) is 40.4 Å². The summed E-state index contributed by atoms with van der Waals surface area (Å²) in [6.45, 7) is 0. The molecule has 1 N–H and O–H groups in total. The van der Waals surface area contributed by atoms with Crippen molar-refractivity contribution in [2.75, 3.05) is 12.4 Å². The van der Waals surface area contributed by atoms with Crippen molar-refractivity contribution in [1.29, 1.82) is 0 Å². The van der Waals surface area contributed by atoms with Gasteiger partial charge in [0.05, 0.1) is 13.2 Å². The van der Waals surface area contributed by atoms with Crippen molar-refractivity contribution in [3.63, 3.8) is 0 Å². The summed E-state index contributed by atoms with van der Waals surface area (Å²) in [6, 6.07) is 18.0. The fraction of sp³-hybridized carbons (Fsp3) is 0.238. The van der Waals surface area contributed by atoms with Crippen molar-refractivity contribution in [2.24, 2.45) is 0 Å². The molecule has 4 rings (SSSR count). The Balaban J connectivity index is 1.72. The fourth-order valence-corrected chi connectivity index (χ4v) is 3.54. The average Bonchev–Trinajstić information content (AvgIpc) is 3.12. The molecule has 1 heterocycles. The highest BCUT2D eigenvalue weighted by molar-refractivity contribution is 6.00. The van der Waals surface area contributed by atoms with Crippen LogP contribution in [0.4, 0.5) is 5.88 Å². The molecule has 0 bridgehead atoms. The Hall–Kier alpha value is -3.08. The molecule has 26 heavy (non-hydrogen) atoms. The smallest absolute Gasteiger partial charge is 0.345 e. The van der Waals surface area contributed by atoms with Gasteiger partial charge in [0.2, 0.25) is 5.88 Å². The largest absolute Gasteiger partial charge is 0.465 e. The summed E-state index contributed by atoms with van der Waals surface area (Å²) in [5, 5.41) is 7.52. The minimum Gasteiger partial charge on any atom is -0.465 e. The summed E-state index contributed by atoms with van der Waals surface area (Å²) in [4.78, 5) is 12.4. The van der Waals surface area contributed by atoms with Gasteiger partial charge in [0.25, 0.3) is 0 Å². The molecule has 0 unspecified atom stereocenters. The Morgan fingerprint density at radius 1 is 1.15 bits per heavy atom.